The number of hydrogen-bond donors (Lipinski definition) is 0. The quantitative estimate of drug-likeness (QED) is 0.410. The molecular formula is C25H34. The summed E-state index contributed by atoms with van der Waals surface area (Å²) in [5.41, 5.74) is 7.85. The highest BCUT2D eigenvalue weighted by atomic mass is 14.4. The van der Waals surface area contributed by atoms with Gasteiger partial charge in [0.05, 0.1) is 0 Å². The highest BCUT2D eigenvalue weighted by Crippen LogP contribution is 2.54. The maximum Gasteiger partial charge on any atom is 0.0215 e. The molecule has 0 bridgehead atoms. The van der Waals surface area contributed by atoms with Crippen molar-refractivity contribution in [1.29, 1.82) is 0 Å². The van der Waals surface area contributed by atoms with Crippen LogP contribution < -0.4 is 0 Å². The first-order chi connectivity index (χ1) is 12.2. The second-order valence-electron chi connectivity index (χ2n) is 7.94. The van der Waals surface area contributed by atoms with Gasteiger partial charge in [-0.2, -0.15) is 0 Å². The van der Waals surface area contributed by atoms with Crippen molar-refractivity contribution < 1.29 is 0 Å². The largest absolute Gasteiger partial charge is 0.0654 e. The summed E-state index contributed by atoms with van der Waals surface area (Å²) in [6.07, 6.45) is 12.0. The lowest BCUT2D eigenvalue weighted by Gasteiger charge is -2.33. The molecule has 0 nitrogen and oxygen atoms in total. The minimum atomic E-state index is 0.251. The second-order valence-corrected chi connectivity index (χ2v) is 7.94. The Labute approximate surface area is 154 Å². The summed E-state index contributed by atoms with van der Waals surface area (Å²) in [7, 11) is 0. The van der Waals surface area contributed by atoms with E-state index in [1.54, 1.807) is 11.1 Å². The highest BCUT2D eigenvalue weighted by Gasteiger charge is 2.41. The molecule has 1 unspecified atom stereocenters. The minimum Gasteiger partial charge on any atom is -0.0654 e. The molecule has 1 atom stereocenters. The van der Waals surface area contributed by atoms with E-state index in [2.05, 4.69) is 63.2 Å². The van der Waals surface area contributed by atoms with Crippen molar-refractivity contribution in [2.75, 3.05) is 0 Å². The molecule has 0 saturated heterocycles. The van der Waals surface area contributed by atoms with Gasteiger partial charge in [-0.1, -0.05) is 107 Å². The van der Waals surface area contributed by atoms with Crippen molar-refractivity contribution in [1.82, 2.24) is 0 Å². The van der Waals surface area contributed by atoms with Gasteiger partial charge in [0.15, 0.2) is 0 Å². The van der Waals surface area contributed by atoms with Gasteiger partial charge in [0.1, 0.15) is 0 Å². The third kappa shape index (κ3) is 3.54. The summed E-state index contributed by atoms with van der Waals surface area (Å²) in [6.45, 7) is 6.87. The van der Waals surface area contributed by atoms with E-state index >= 15 is 0 Å². The number of aryl methyl sites for hydroxylation is 1. The molecule has 0 heteroatoms. The Balaban J connectivity index is 2.03. The van der Waals surface area contributed by atoms with Crippen molar-refractivity contribution in [3.05, 3.63) is 59.2 Å². The first-order valence-corrected chi connectivity index (χ1v) is 10.4. The Hall–Kier alpha value is -1.56. The van der Waals surface area contributed by atoms with E-state index in [4.69, 9.17) is 0 Å². The number of unbranched alkanes of at least 4 members (excludes halogenated alkanes) is 5. The fourth-order valence-electron chi connectivity index (χ4n) is 4.76. The molecular weight excluding hydrogens is 300 g/mol. The maximum atomic E-state index is 2.49. The van der Waals surface area contributed by atoms with Gasteiger partial charge >= 0.3 is 0 Å². The van der Waals surface area contributed by atoms with Crippen molar-refractivity contribution >= 4 is 0 Å². The van der Waals surface area contributed by atoms with Crippen molar-refractivity contribution in [3.8, 4) is 11.1 Å². The first kappa shape index (κ1) is 18.2. The van der Waals surface area contributed by atoms with Crippen molar-refractivity contribution in [3.63, 3.8) is 0 Å². The van der Waals surface area contributed by atoms with Gasteiger partial charge in [-0.25, -0.2) is 0 Å². The SMILES string of the molecule is CCCCCCC1(CCCCC)c2ccccc2-c2ccc(C)cc21. The molecule has 0 radical (unpaired) electrons. The molecule has 25 heavy (non-hydrogen) atoms. The smallest absolute Gasteiger partial charge is 0.0215 e. The van der Waals surface area contributed by atoms with Gasteiger partial charge in [0, 0.05) is 5.41 Å². The van der Waals surface area contributed by atoms with Gasteiger partial charge < -0.3 is 0 Å². The van der Waals surface area contributed by atoms with Crippen LogP contribution in [0, 0.1) is 6.92 Å². The van der Waals surface area contributed by atoms with Gasteiger partial charge in [-0.05, 0) is 42.0 Å². The van der Waals surface area contributed by atoms with Crippen LogP contribution in [-0.4, -0.2) is 0 Å². The zero-order valence-electron chi connectivity index (χ0n) is 16.4. The fourth-order valence-corrected chi connectivity index (χ4v) is 4.76. The van der Waals surface area contributed by atoms with E-state index in [0.717, 1.165) is 0 Å². The van der Waals surface area contributed by atoms with E-state index in [1.807, 2.05) is 0 Å². The Morgan fingerprint density at radius 3 is 2.08 bits per heavy atom. The van der Waals surface area contributed by atoms with Gasteiger partial charge in [0.25, 0.3) is 0 Å². The zero-order chi connectivity index (χ0) is 17.7. The Bertz CT molecular complexity index is 697. The lowest BCUT2D eigenvalue weighted by Crippen LogP contribution is -2.25. The van der Waals surface area contributed by atoms with Crippen molar-refractivity contribution in [2.24, 2.45) is 0 Å². The Kier molecular flexibility index (Phi) is 5.99. The standard InChI is InChI=1S/C25H34/c1-4-6-8-12-18-25(17-11-7-5-2)23-14-10-9-13-21(23)22-16-15-20(3)19-24(22)25/h9-10,13-16,19H,4-8,11-12,17-18H2,1-3H3. The Morgan fingerprint density at radius 2 is 1.32 bits per heavy atom. The van der Waals surface area contributed by atoms with E-state index in [1.165, 1.54) is 74.5 Å². The summed E-state index contributed by atoms with van der Waals surface area (Å²) < 4.78 is 0. The summed E-state index contributed by atoms with van der Waals surface area (Å²) >= 11 is 0. The average molecular weight is 335 g/mol. The molecule has 0 heterocycles. The predicted octanol–water partition coefficient (Wildman–Crippen LogP) is 7.81. The maximum absolute atomic E-state index is 2.49. The van der Waals surface area contributed by atoms with Gasteiger partial charge in [-0.3, -0.25) is 0 Å². The number of fused-ring (bicyclic) bond motifs is 3. The van der Waals surface area contributed by atoms with Crippen LogP contribution in [0.5, 0.6) is 0 Å². The normalized spacial score (nSPS) is 18.2. The third-order valence-electron chi connectivity index (χ3n) is 6.09. The molecule has 1 aliphatic carbocycles. The van der Waals surface area contributed by atoms with E-state index < -0.39 is 0 Å². The molecule has 0 N–H and O–H groups in total. The summed E-state index contributed by atoms with van der Waals surface area (Å²) in [5.74, 6) is 0. The molecule has 2 aromatic rings. The van der Waals surface area contributed by atoms with Crippen LogP contribution in [0.2, 0.25) is 0 Å². The molecule has 0 fully saturated rings. The number of hydrogen-bond acceptors (Lipinski definition) is 0. The topological polar surface area (TPSA) is 0 Å². The van der Waals surface area contributed by atoms with Crippen LogP contribution in [0.4, 0.5) is 0 Å². The number of benzene rings is 2. The summed E-state index contributed by atoms with van der Waals surface area (Å²) in [5, 5.41) is 0. The van der Waals surface area contributed by atoms with E-state index in [9.17, 15) is 0 Å². The van der Waals surface area contributed by atoms with Crippen LogP contribution in [0.15, 0.2) is 42.5 Å². The highest BCUT2D eigenvalue weighted by molar-refractivity contribution is 5.81. The molecule has 0 aliphatic heterocycles. The Morgan fingerprint density at radius 1 is 0.680 bits per heavy atom. The second kappa shape index (κ2) is 8.21. The van der Waals surface area contributed by atoms with Crippen LogP contribution in [0.1, 0.15) is 88.3 Å². The molecule has 0 spiro atoms. The van der Waals surface area contributed by atoms with Crippen LogP contribution in [-0.2, 0) is 5.41 Å². The minimum absolute atomic E-state index is 0.251. The summed E-state index contributed by atoms with van der Waals surface area (Å²) in [6, 6.07) is 16.4. The molecule has 1 aliphatic rings. The molecule has 2 aromatic carbocycles. The lowest BCUT2D eigenvalue weighted by molar-refractivity contribution is 0.403. The lowest BCUT2D eigenvalue weighted by atomic mass is 9.70. The average Bonchev–Trinajstić information content (AvgIpc) is 2.89. The predicted molar refractivity (Wildman–Crippen MR) is 110 cm³/mol. The van der Waals surface area contributed by atoms with Gasteiger partial charge in [0.2, 0.25) is 0 Å². The molecule has 0 amide bonds. The zero-order valence-corrected chi connectivity index (χ0v) is 16.4. The molecule has 0 aromatic heterocycles. The fraction of sp³-hybridized carbons (Fsp3) is 0.520. The number of rotatable bonds is 9. The van der Waals surface area contributed by atoms with Gasteiger partial charge in [-0.15, -0.1) is 0 Å². The van der Waals surface area contributed by atoms with E-state index in [0.29, 0.717) is 0 Å². The molecule has 3 rings (SSSR count). The first-order valence-electron chi connectivity index (χ1n) is 10.4. The summed E-state index contributed by atoms with van der Waals surface area (Å²) in [4.78, 5) is 0. The van der Waals surface area contributed by atoms with Crippen LogP contribution >= 0.6 is 0 Å². The third-order valence-corrected chi connectivity index (χ3v) is 6.09. The van der Waals surface area contributed by atoms with Crippen molar-refractivity contribution in [2.45, 2.75) is 84.0 Å². The van der Waals surface area contributed by atoms with Crippen LogP contribution in [0.3, 0.4) is 0 Å². The molecule has 134 valence electrons. The van der Waals surface area contributed by atoms with Crippen LogP contribution in [0.25, 0.3) is 11.1 Å². The molecule has 0 saturated carbocycles. The van der Waals surface area contributed by atoms with E-state index in [-0.39, 0.29) is 5.41 Å². The monoisotopic (exact) mass is 334 g/mol.